The minimum atomic E-state index is -0.883. The van der Waals surface area contributed by atoms with Crippen LogP contribution in [-0.4, -0.2) is 43.0 Å². The Bertz CT molecular complexity index is 448. The molecule has 2 rings (SSSR count). The summed E-state index contributed by atoms with van der Waals surface area (Å²) in [6.45, 7) is 9.28. The fraction of sp³-hybridized carbons (Fsp3) is 0.625. The number of hydrogen-bond donors (Lipinski definition) is 2. The second kappa shape index (κ2) is 6.38. The predicted molar refractivity (Wildman–Crippen MR) is 86.6 cm³/mol. The molecule has 116 valence electrons. The molecule has 0 spiro atoms. The number of benzene rings is 1. The van der Waals surface area contributed by atoms with E-state index in [-0.39, 0.29) is 6.10 Å². The largest absolute Gasteiger partial charge is 0.489 e. The highest BCUT2D eigenvalue weighted by Crippen LogP contribution is 2.24. The van der Waals surface area contributed by atoms with Crippen molar-refractivity contribution in [3.8, 4) is 5.75 Å². The van der Waals surface area contributed by atoms with Crippen molar-refractivity contribution in [1.82, 2.24) is 5.32 Å². The summed E-state index contributed by atoms with van der Waals surface area (Å²) in [6.07, 6.45) is 1.34. The van der Waals surface area contributed by atoms with E-state index in [2.05, 4.69) is 5.32 Å². The monoisotopic (exact) mass is 291 g/mol. The van der Waals surface area contributed by atoms with Crippen LogP contribution < -0.4 is 15.5 Å². The average Bonchev–Trinajstić information content (AvgIpc) is 2.89. The quantitative estimate of drug-likeness (QED) is 0.767. The second-order valence-corrected chi connectivity index (χ2v) is 6.73. The van der Waals surface area contributed by atoms with E-state index in [0.717, 1.165) is 30.7 Å². The molecule has 1 aromatic rings. The maximum atomic E-state index is 10.1. The SMILES string of the molecule is CC(C)(O)C(C)(C)OBc1ccc(O[C@H]2CCNC2)cc1. The summed E-state index contributed by atoms with van der Waals surface area (Å²) in [7, 11) is 0.474. The molecule has 2 N–H and O–H groups in total. The molecule has 1 saturated heterocycles. The number of ether oxygens (including phenoxy) is 1. The Labute approximate surface area is 128 Å². The maximum absolute atomic E-state index is 10.1. The summed E-state index contributed by atoms with van der Waals surface area (Å²) < 4.78 is 11.7. The van der Waals surface area contributed by atoms with Gasteiger partial charge in [-0.2, -0.15) is 0 Å². The van der Waals surface area contributed by atoms with Crippen molar-refractivity contribution in [2.75, 3.05) is 13.1 Å². The Morgan fingerprint density at radius 2 is 1.86 bits per heavy atom. The molecule has 1 fully saturated rings. The van der Waals surface area contributed by atoms with Gasteiger partial charge in [-0.1, -0.05) is 17.6 Å². The van der Waals surface area contributed by atoms with Crippen molar-refractivity contribution in [2.45, 2.75) is 51.4 Å². The summed E-state index contributed by atoms with van der Waals surface area (Å²) in [4.78, 5) is 0. The highest BCUT2D eigenvalue weighted by atomic mass is 16.5. The molecule has 0 unspecified atom stereocenters. The van der Waals surface area contributed by atoms with Crippen LogP contribution in [-0.2, 0) is 4.65 Å². The summed E-state index contributed by atoms with van der Waals surface area (Å²) in [5.41, 5.74) is -0.410. The van der Waals surface area contributed by atoms with Gasteiger partial charge in [0.25, 0.3) is 0 Å². The van der Waals surface area contributed by atoms with Gasteiger partial charge >= 0.3 is 7.48 Å². The molecule has 5 heteroatoms. The molecule has 0 amide bonds. The van der Waals surface area contributed by atoms with Gasteiger partial charge in [-0.3, -0.25) is 0 Å². The first-order valence-electron chi connectivity index (χ1n) is 7.60. The minimum absolute atomic E-state index is 0.279. The lowest BCUT2D eigenvalue weighted by atomic mass is 9.82. The molecule has 1 aliphatic heterocycles. The molecule has 4 nitrogen and oxygen atoms in total. The molecule has 0 bridgehead atoms. The van der Waals surface area contributed by atoms with E-state index in [0.29, 0.717) is 7.48 Å². The standard InChI is InChI=1S/C16H26BNO3/c1-15(2,19)16(3,4)21-17-12-5-7-13(8-6-12)20-14-9-10-18-11-14/h5-8,14,17-19H,9-11H2,1-4H3/t14-/m0/s1. The molecule has 1 aromatic carbocycles. The van der Waals surface area contributed by atoms with Gasteiger partial charge in [-0.15, -0.1) is 0 Å². The zero-order valence-electron chi connectivity index (χ0n) is 13.5. The smallest absolute Gasteiger partial charge is 0.309 e. The van der Waals surface area contributed by atoms with E-state index in [4.69, 9.17) is 9.39 Å². The Balaban J connectivity index is 1.87. The van der Waals surface area contributed by atoms with E-state index >= 15 is 0 Å². The summed E-state index contributed by atoms with van der Waals surface area (Å²) in [5.74, 6) is 0.897. The third-order valence-electron chi connectivity index (χ3n) is 4.31. The molecule has 21 heavy (non-hydrogen) atoms. The molecule has 1 atom stereocenters. The van der Waals surface area contributed by atoms with Gasteiger partial charge in [0.05, 0.1) is 11.2 Å². The van der Waals surface area contributed by atoms with E-state index in [1.807, 2.05) is 38.1 Å². The Hall–Kier alpha value is -1.04. The van der Waals surface area contributed by atoms with Crippen LogP contribution in [0.3, 0.4) is 0 Å². The highest BCUT2D eigenvalue weighted by molar-refractivity contribution is 6.47. The number of nitrogens with one attached hydrogen (secondary N) is 1. The third kappa shape index (κ3) is 4.46. The fourth-order valence-corrected chi connectivity index (χ4v) is 2.03. The highest BCUT2D eigenvalue weighted by Gasteiger charge is 2.35. The topological polar surface area (TPSA) is 50.7 Å². The first kappa shape index (κ1) is 16.3. The van der Waals surface area contributed by atoms with Gasteiger partial charge in [0.2, 0.25) is 0 Å². The molecule has 1 heterocycles. The lowest BCUT2D eigenvalue weighted by Crippen LogP contribution is -2.49. The van der Waals surface area contributed by atoms with E-state index in [1.165, 1.54) is 0 Å². The Morgan fingerprint density at radius 3 is 2.38 bits per heavy atom. The second-order valence-electron chi connectivity index (χ2n) is 6.73. The summed E-state index contributed by atoms with van der Waals surface area (Å²) >= 11 is 0. The van der Waals surface area contributed by atoms with E-state index < -0.39 is 11.2 Å². The normalized spacial score (nSPS) is 19.6. The van der Waals surface area contributed by atoms with E-state index in [9.17, 15) is 5.11 Å². The third-order valence-corrected chi connectivity index (χ3v) is 4.31. The number of aliphatic hydroxyl groups is 1. The van der Waals surface area contributed by atoms with Crippen molar-refractivity contribution in [3.63, 3.8) is 0 Å². The van der Waals surface area contributed by atoms with Crippen LogP contribution in [0.1, 0.15) is 34.1 Å². The van der Waals surface area contributed by atoms with Crippen molar-refractivity contribution in [1.29, 1.82) is 0 Å². The van der Waals surface area contributed by atoms with Gasteiger partial charge in [0, 0.05) is 6.54 Å². The van der Waals surface area contributed by atoms with Gasteiger partial charge < -0.3 is 19.8 Å². The van der Waals surface area contributed by atoms with Crippen LogP contribution in [0.4, 0.5) is 0 Å². The van der Waals surface area contributed by atoms with Crippen LogP contribution in [0.2, 0.25) is 0 Å². The van der Waals surface area contributed by atoms with Crippen molar-refractivity contribution >= 4 is 12.9 Å². The molecule has 0 aromatic heterocycles. The summed E-state index contributed by atoms with van der Waals surface area (Å²) in [6, 6.07) is 7.98. The van der Waals surface area contributed by atoms with Crippen molar-refractivity contribution < 1.29 is 14.5 Å². The molecule has 0 radical (unpaired) electrons. The van der Waals surface area contributed by atoms with Gasteiger partial charge in [-0.25, -0.2) is 0 Å². The Morgan fingerprint density at radius 1 is 1.19 bits per heavy atom. The van der Waals surface area contributed by atoms with Gasteiger partial charge in [-0.05, 0) is 52.8 Å². The van der Waals surface area contributed by atoms with Crippen molar-refractivity contribution in [3.05, 3.63) is 24.3 Å². The van der Waals surface area contributed by atoms with Crippen LogP contribution >= 0.6 is 0 Å². The first-order chi connectivity index (χ1) is 9.78. The minimum Gasteiger partial charge on any atom is -0.489 e. The van der Waals surface area contributed by atoms with Crippen LogP contribution in [0.5, 0.6) is 5.75 Å². The average molecular weight is 291 g/mol. The van der Waals surface area contributed by atoms with Crippen LogP contribution in [0, 0.1) is 0 Å². The molecule has 1 aliphatic rings. The summed E-state index contributed by atoms with van der Waals surface area (Å²) in [5, 5.41) is 13.4. The molecule has 0 saturated carbocycles. The van der Waals surface area contributed by atoms with Crippen LogP contribution in [0.25, 0.3) is 0 Å². The van der Waals surface area contributed by atoms with Crippen molar-refractivity contribution in [2.24, 2.45) is 0 Å². The van der Waals surface area contributed by atoms with Gasteiger partial charge in [0.15, 0.2) is 0 Å². The fourth-order valence-electron chi connectivity index (χ4n) is 2.03. The lowest BCUT2D eigenvalue weighted by Gasteiger charge is -2.37. The molecular formula is C16H26BNO3. The van der Waals surface area contributed by atoms with E-state index in [1.54, 1.807) is 13.8 Å². The Kier molecular flexibility index (Phi) is 4.97. The first-order valence-corrected chi connectivity index (χ1v) is 7.60. The molecular weight excluding hydrogens is 265 g/mol. The zero-order valence-corrected chi connectivity index (χ0v) is 13.5. The molecule has 0 aliphatic carbocycles. The number of rotatable bonds is 6. The predicted octanol–water partition coefficient (Wildman–Crippen LogP) is 0.970. The zero-order chi connectivity index (χ0) is 15.5. The maximum Gasteiger partial charge on any atom is 0.309 e. The van der Waals surface area contributed by atoms with Gasteiger partial charge in [0.1, 0.15) is 11.9 Å². The van der Waals surface area contributed by atoms with Crippen LogP contribution in [0.15, 0.2) is 24.3 Å². The lowest BCUT2D eigenvalue weighted by molar-refractivity contribution is -0.0893. The number of hydrogen-bond acceptors (Lipinski definition) is 4.